The van der Waals surface area contributed by atoms with Crippen LogP contribution >= 0.6 is 15.9 Å². The Bertz CT molecular complexity index is 998. The molecule has 28 heavy (non-hydrogen) atoms. The Morgan fingerprint density at radius 2 is 2.07 bits per heavy atom. The molecule has 6 nitrogen and oxygen atoms in total. The van der Waals surface area contributed by atoms with Crippen LogP contribution in [0.15, 0.2) is 41.0 Å². The van der Waals surface area contributed by atoms with Gasteiger partial charge in [-0.1, -0.05) is 28.1 Å². The number of benzene rings is 1. The van der Waals surface area contributed by atoms with Gasteiger partial charge < -0.3 is 10.2 Å². The van der Waals surface area contributed by atoms with Crippen molar-refractivity contribution in [2.45, 2.75) is 26.3 Å². The Labute approximate surface area is 173 Å². The van der Waals surface area contributed by atoms with Crippen molar-refractivity contribution < 1.29 is 4.79 Å². The fraction of sp³-hybridized carbons (Fsp3) is 0.381. The number of amides is 1. The molecule has 1 aromatic carbocycles. The third kappa shape index (κ3) is 3.76. The topological polar surface area (TPSA) is 63.1 Å². The quantitative estimate of drug-likeness (QED) is 0.671. The minimum Gasteiger partial charge on any atom is -0.354 e. The summed E-state index contributed by atoms with van der Waals surface area (Å²) in [6.07, 6.45) is 3.72. The SMILES string of the molecule is Cc1nn(C)c2c(N3CCCC(C(=O)NCc4ccc(Br)cc4)C3)nccc12. The number of halogens is 1. The average molecular weight is 442 g/mol. The maximum absolute atomic E-state index is 12.8. The molecular weight excluding hydrogens is 418 g/mol. The highest BCUT2D eigenvalue weighted by Crippen LogP contribution is 2.29. The predicted octanol–water partition coefficient (Wildman–Crippen LogP) is 3.57. The van der Waals surface area contributed by atoms with E-state index in [9.17, 15) is 4.79 Å². The summed E-state index contributed by atoms with van der Waals surface area (Å²) in [4.78, 5) is 19.6. The largest absolute Gasteiger partial charge is 0.354 e. The standard InChI is InChI=1S/C21H24BrN5O/c1-14-18-9-10-23-20(19(18)26(2)25-14)27-11-3-4-16(13-27)21(28)24-12-15-5-7-17(22)8-6-15/h5-10,16H,3-4,11-13H2,1-2H3,(H,24,28). The van der Waals surface area contributed by atoms with Crippen LogP contribution in [0.5, 0.6) is 0 Å². The van der Waals surface area contributed by atoms with Crippen molar-refractivity contribution in [2.75, 3.05) is 18.0 Å². The molecular formula is C21H24BrN5O. The number of pyridine rings is 1. The fourth-order valence-corrected chi connectivity index (χ4v) is 4.20. The fourth-order valence-electron chi connectivity index (χ4n) is 3.93. The highest BCUT2D eigenvalue weighted by Gasteiger charge is 2.28. The van der Waals surface area contributed by atoms with Crippen molar-refractivity contribution in [3.63, 3.8) is 0 Å². The van der Waals surface area contributed by atoms with Crippen molar-refractivity contribution in [1.82, 2.24) is 20.1 Å². The van der Waals surface area contributed by atoms with Crippen molar-refractivity contribution in [1.29, 1.82) is 0 Å². The summed E-state index contributed by atoms with van der Waals surface area (Å²) < 4.78 is 2.93. The van der Waals surface area contributed by atoms with E-state index in [1.165, 1.54) is 0 Å². The zero-order chi connectivity index (χ0) is 19.7. The van der Waals surface area contributed by atoms with Gasteiger partial charge in [-0.05, 0) is 43.5 Å². The molecule has 1 aliphatic rings. The first-order valence-corrected chi connectivity index (χ1v) is 10.4. The molecule has 1 aliphatic heterocycles. The van der Waals surface area contributed by atoms with E-state index in [4.69, 9.17) is 0 Å². The van der Waals surface area contributed by atoms with Crippen LogP contribution in [0.2, 0.25) is 0 Å². The third-order valence-electron chi connectivity index (χ3n) is 5.39. The van der Waals surface area contributed by atoms with Gasteiger partial charge in [0.05, 0.1) is 11.6 Å². The second kappa shape index (κ2) is 7.91. The predicted molar refractivity (Wildman–Crippen MR) is 114 cm³/mol. The maximum Gasteiger partial charge on any atom is 0.225 e. The van der Waals surface area contributed by atoms with Crippen molar-refractivity contribution in [3.05, 3.63) is 52.3 Å². The molecule has 7 heteroatoms. The number of carbonyl (C=O) groups excluding carboxylic acids is 1. The van der Waals surface area contributed by atoms with Gasteiger partial charge in [0, 0.05) is 42.7 Å². The number of nitrogens with one attached hydrogen (secondary N) is 1. The van der Waals surface area contributed by atoms with Gasteiger partial charge in [-0.2, -0.15) is 5.10 Å². The number of carbonyl (C=O) groups is 1. The zero-order valence-electron chi connectivity index (χ0n) is 16.2. The summed E-state index contributed by atoms with van der Waals surface area (Å²) in [5.41, 5.74) is 3.14. The van der Waals surface area contributed by atoms with Gasteiger partial charge in [-0.3, -0.25) is 9.48 Å². The molecule has 3 heterocycles. The Morgan fingerprint density at radius 3 is 2.86 bits per heavy atom. The summed E-state index contributed by atoms with van der Waals surface area (Å²) in [5.74, 6) is 1.00. The number of aromatic nitrogens is 3. The molecule has 1 N–H and O–H groups in total. The van der Waals surface area contributed by atoms with E-state index in [0.29, 0.717) is 13.1 Å². The van der Waals surface area contributed by atoms with Crippen molar-refractivity contribution in [3.8, 4) is 0 Å². The summed E-state index contributed by atoms with van der Waals surface area (Å²) in [7, 11) is 1.95. The Morgan fingerprint density at radius 1 is 1.29 bits per heavy atom. The first-order chi connectivity index (χ1) is 13.5. The number of aryl methyl sites for hydroxylation is 2. The minimum atomic E-state index is -0.0319. The van der Waals surface area contributed by atoms with Gasteiger partial charge >= 0.3 is 0 Å². The van der Waals surface area contributed by atoms with E-state index < -0.39 is 0 Å². The lowest BCUT2D eigenvalue weighted by atomic mass is 9.97. The van der Waals surface area contributed by atoms with Crippen LogP contribution in [0.3, 0.4) is 0 Å². The molecule has 2 aromatic heterocycles. The monoisotopic (exact) mass is 441 g/mol. The molecule has 1 fully saturated rings. The number of anilines is 1. The van der Waals surface area contributed by atoms with E-state index in [2.05, 4.69) is 36.2 Å². The van der Waals surface area contributed by atoms with Crippen molar-refractivity contribution >= 4 is 38.6 Å². The molecule has 1 atom stereocenters. The molecule has 3 aromatic rings. The molecule has 0 saturated carbocycles. The molecule has 0 radical (unpaired) electrons. The molecule has 4 rings (SSSR count). The molecule has 0 aliphatic carbocycles. The summed E-state index contributed by atoms with van der Waals surface area (Å²) in [6, 6.07) is 10.0. The van der Waals surface area contributed by atoms with E-state index >= 15 is 0 Å². The molecule has 1 amide bonds. The van der Waals surface area contributed by atoms with Crippen LogP contribution in [-0.4, -0.2) is 33.8 Å². The lowest BCUT2D eigenvalue weighted by Gasteiger charge is -2.33. The third-order valence-corrected chi connectivity index (χ3v) is 5.92. The Balaban J connectivity index is 1.47. The van der Waals surface area contributed by atoms with E-state index in [1.807, 2.05) is 55.2 Å². The van der Waals surface area contributed by atoms with E-state index in [1.54, 1.807) is 0 Å². The van der Waals surface area contributed by atoms with E-state index in [-0.39, 0.29) is 11.8 Å². The second-order valence-electron chi connectivity index (χ2n) is 7.37. The van der Waals surface area contributed by atoms with Gasteiger partial charge in [0.1, 0.15) is 5.52 Å². The second-order valence-corrected chi connectivity index (χ2v) is 8.28. The maximum atomic E-state index is 12.8. The van der Waals surface area contributed by atoms with E-state index in [0.717, 1.165) is 51.8 Å². The average Bonchev–Trinajstić information content (AvgIpc) is 3.01. The van der Waals surface area contributed by atoms with Crippen LogP contribution in [0.1, 0.15) is 24.1 Å². The molecule has 146 valence electrons. The lowest BCUT2D eigenvalue weighted by Crippen LogP contribution is -2.43. The molecule has 1 unspecified atom stereocenters. The Hall–Kier alpha value is -2.41. The highest BCUT2D eigenvalue weighted by atomic mass is 79.9. The van der Waals surface area contributed by atoms with Crippen LogP contribution in [0.25, 0.3) is 10.9 Å². The molecule has 0 bridgehead atoms. The van der Waals surface area contributed by atoms with Crippen LogP contribution < -0.4 is 10.2 Å². The van der Waals surface area contributed by atoms with Gasteiger partial charge in [0.25, 0.3) is 0 Å². The van der Waals surface area contributed by atoms with Crippen LogP contribution in [0.4, 0.5) is 5.82 Å². The number of rotatable bonds is 4. The number of hydrogen-bond acceptors (Lipinski definition) is 4. The lowest BCUT2D eigenvalue weighted by molar-refractivity contribution is -0.125. The zero-order valence-corrected chi connectivity index (χ0v) is 17.7. The van der Waals surface area contributed by atoms with Crippen LogP contribution in [0, 0.1) is 12.8 Å². The number of nitrogens with zero attached hydrogens (tertiary/aromatic N) is 4. The first kappa shape index (κ1) is 18.9. The van der Waals surface area contributed by atoms with Crippen molar-refractivity contribution in [2.24, 2.45) is 13.0 Å². The van der Waals surface area contributed by atoms with Gasteiger partial charge in [-0.15, -0.1) is 0 Å². The molecule has 0 spiro atoms. The number of fused-ring (bicyclic) bond motifs is 1. The summed E-state index contributed by atoms with van der Waals surface area (Å²) in [6.45, 7) is 4.16. The highest BCUT2D eigenvalue weighted by molar-refractivity contribution is 9.10. The number of piperidine rings is 1. The smallest absolute Gasteiger partial charge is 0.225 e. The summed E-state index contributed by atoms with van der Waals surface area (Å²) in [5, 5.41) is 8.75. The van der Waals surface area contributed by atoms with Gasteiger partial charge in [-0.25, -0.2) is 4.98 Å². The number of hydrogen-bond donors (Lipinski definition) is 1. The normalized spacial score (nSPS) is 17.1. The Kier molecular flexibility index (Phi) is 5.35. The van der Waals surface area contributed by atoms with Crippen LogP contribution in [-0.2, 0) is 18.4 Å². The minimum absolute atomic E-state index is 0.0319. The van der Waals surface area contributed by atoms with Gasteiger partial charge in [0.2, 0.25) is 5.91 Å². The molecule has 1 saturated heterocycles. The summed E-state index contributed by atoms with van der Waals surface area (Å²) >= 11 is 3.44. The van der Waals surface area contributed by atoms with Gasteiger partial charge in [0.15, 0.2) is 5.82 Å². The first-order valence-electron chi connectivity index (χ1n) is 9.58.